The number of aryl methyl sites for hydroxylation is 1. The molecule has 0 unspecified atom stereocenters. The van der Waals surface area contributed by atoms with Crippen molar-refractivity contribution in [3.05, 3.63) is 42.2 Å². The molecule has 5 heteroatoms. The Kier molecular flexibility index (Phi) is 2.59. The Morgan fingerprint density at radius 2 is 2.12 bits per heavy atom. The van der Waals surface area contributed by atoms with Crippen LogP contribution in [0.15, 0.2) is 36.5 Å². The van der Waals surface area contributed by atoms with E-state index in [0.717, 1.165) is 0 Å². The predicted molar refractivity (Wildman–Crippen MR) is 59.3 cm³/mol. The van der Waals surface area contributed by atoms with E-state index in [4.69, 9.17) is 0 Å². The maximum Gasteiger partial charge on any atom is 0.276 e. The van der Waals surface area contributed by atoms with Crippen LogP contribution in [-0.4, -0.2) is 20.8 Å². The fourth-order valence-corrected chi connectivity index (χ4v) is 1.30. The second kappa shape index (κ2) is 4.06. The van der Waals surface area contributed by atoms with Crippen LogP contribution < -0.4 is 5.32 Å². The van der Waals surface area contributed by atoms with Crippen LogP contribution in [0.25, 0.3) is 0 Å². The largest absolute Gasteiger partial charge is 0.506 e. The highest BCUT2D eigenvalue weighted by Gasteiger charge is 2.10. The molecule has 2 rings (SSSR count). The van der Waals surface area contributed by atoms with Crippen molar-refractivity contribution in [2.75, 3.05) is 5.32 Å². The van der Waals surface area contributed by atoms with E-state index < -0.39 is 0 Å². The van der Waals surface area contributed by atoms with Crippen molar-refractivity contribution in [1.29, 1.82) is 0 Å². The Morgan fingerprint density at radius 1 is 1.38 bits per heavy atom. The van der Waals surface area contributed by atoms with Crippen molar-refractivity contribution in [1.82, 2.24) is 9.78 Å². The summed E-state index contributed by atoms with van der Waals surface area (Å²) in [5.74, 6) is -0.311. The molecular weight excluding hydrogens is 206 g/mol. The molecule has 0 aliphatic heterocycles. The van der Waals surface area contributed by atoms with Gasteiger partial charge in [0.25, 0.3) is 5.91 Å². The van der Waals surface area contributed by atoms with Crippen molar-refractivity contribution in [3.8, 4) is 5.75 Å². The molecule has 0 aliphatic carbocycles. The molecule has 1 amide bonds. The number of nitrogens with zero attached hydrogens (tertiary/aromatic N) is 2. The van der Waals surface area contributed by atoms with Gasteiger partial charge in [0.05, 0.1) is 5.69 Å². The fraction of sp³-hybridized carbons (Fsp3) is 0.0909. The molecule has 0 atom stereocenters. The van der Waals surface area contributed by atoms with E-state index in [0.29, 0.717) is 11.4 Å². The molecule has 0 spiro atoms. The fourth-order valence-electron chi connectivity index (χ4n) is 1.30. The van der Waals surface area contributed by atoms with E-state index in [9.17, 15) is 9.90 Å². The number of phenolic OH excluding ortho intramolecular Hbond substituents is 1. The average Bonchev–Trinajstić information content (AvgIpc) is 2.68. The van der Waals surface area contributed by atoms with E-state index in [-0.39, 0.29) is 11.7 Å². The quantitative estimate of drug-likeness (QED) is 0.747. The Labute approximate surface area is 92.3 Å². The van der Waals surface area contributed by atoms with Gasteiger partial charge < -0.3 is 10.4 Å². The monoisotopic (exact) mass is 217 g/mol. The molecule has 0 bridgehead atoms. The molecule has 1 aromatic heterocycles. The van der Waals surface area contributed by atoms with E-state index >= 15 is 0 Å². The van der Waals surface area contributed by atoms with Gasteiger partial charge in [0, 0.05) is 13.2 Å². The maximum absolute atomic E-state index is 11.7. The van der Waals surface area contributed by atoms with E-state index in [2.05, 4.69) is 10.4 Å². The standard InChI is InChI=1S/C11H11N3O2/c1-14-7-6-9(13-14)11(16)12-8-4-2-3-5-10(8)15/h2-7,15H,1H3,(H,12,16). The molecule has 16 heavy (non-hydrogen) atoms. The van der Waals surface area contributed by atoms with Crippen LogP contribution in [0.1, 0.15) is 10.5 Å². The van der Waals surface area contributed by atoms with Gasteiger partial charge in [-0.1, -0.05) is 12.1 Å². The normalized spacial score (nSPS) is 10.1. The van der Waals surface area contributed by atoms with Crippen molar-refractivity contribution >= 4 is 11.6 Å². The Hall–Kier alpha value is -2.30. The third-order valence-electron chi connectivity index (χ3n) is 2.10. The van der Waals surface area contributed by atoms with Gasteiger partial charge in [-0.2, -0.15) is 5.10 Å². The first-order chi connectivity index (χ1) is 7.66. The number of aromatic nitrogens is 2. The minimum Gasteiger partial charge on any atom is -0.506 e. The minimum atomic E-state index is -0.345. The summed E-state index contributed by atoms with van der Waals surface area (Å²) in [6.07, 6.45) is 1.68. The Bertz CT molecular complexity index is 519. The van der Waals surface area contributed by atoms with E-state index in [1.807, 2.05) is 0 Å². The first kappa shape index (κ1) is 10.2. The topological polar surface area (TPSA) is 67.2 Å². The number of phenols is 1. The second-order valence-corrected chi connectivity index (χ2v) is 3.35. The first-order valence-electron chi connectivity index (χ1n) is 4.76. The summed E-state index contributed by atoms with van der Waals surface area (Å²) >= 11 is 0. The molecule has 2 aromatic rings. The first-order valence-corrected chi connectivity index (χ1v) is 4.76. The number of hydrogen-bond donors (Lipinski definition) is 2. The highest BCUT2D eigenvalue weighted by Crippen LogP contribution is 2.21. The Balaban J connectivity index is 2.17. The van der Waals surface area contributed by atoms with Gasteiger partial charge in [0.2, 0.25) is 0 Å². The molecule has 0 saturated carbocycles. The zero-order valence-electron chi connectivity index (χ0n) is 8.71. The third-order valence-corrected chi connectivity index (χ3v) is 2.10. The molecule has 1 aromatic carbocycles. The van der Waals surface area contributed by atoms with E-state index in [1.165, 1.54) is 6.07 Å². The SMILES string of the molecule is Cn1ccc(C(=O)Nc2ccccc2O)n1. The lowest BCUT2D eigenvalue weighted by Crippen LogP contribution is -2.13. The Morgan fingerprint density at radius 3 is 2.75 bits per heavy atom. The number of carbonyl (C=O) groups is 1. The number of aromatic hydroxyl groups is 1. The number of nitrogens with one attached hydrogen (secondary N) is 1. The molecular formula is C11H11N3O2. The van der Waals surface area contributed by atoms with Crippen molar-refractivity contribution in [2.24, 2.45) is 7.05 Å². The van der Waals surface area contributed by atoms with Crippen LogP contribution in [0, 0.1) is 0 Å². The summed E-state index contributed by atoms with van der Waals surface area (Å²) in [5.41, 5.74) is 0.684. The highest BCUT2D eigenvalue weighted by atomic mass is 16.3. The van der Waals surface area contributed by atoms with Gasteiger partial charge in [0.15, 0.2) is 5.69 Å². The third kappa shape index (κ3) is 2.03. The summed E-state index contributed by atoms with van der Waals surface area (Å²) in [4.78, 5) is 11.7. The number of hydrogen-bond acceptors (Lipinski definition) is 3. The van der Waals surface area contributed by atoms with Crippen LogP contribution in [0.3, 0.4) is 0 Å². The highest BCUT2D eigenvalue weighted by molar-refractivity contribution is 6.03. The smallest absolute Gasteiger partial charge is 0.276 e. The number of para-hydroxylation sites is 2. The van der Waals surface area contributed by atoms with Crippen LogP contribution in [0.4, 0.5) is 5.69 Å². The van der Waals surface area contributed by atoms with Gasteiger partial charge in [-0.3, -0.25) is 9.48 Å². The lowest BCUT2D eigenvalue weighted by molar-refractivity contribution is 0.102. The lowest BCUT2D eigenvalue weighted by Gasteiger charge is -2.04. The second-order valence-electron chi connectivity index (χ2n) is 3.35. The minimum absolute atomic E-state index is 0.0341. The summed E-state index contributed by atoms with van der Waals surface area (Å²) in [7, 11) is 1.73. The molecule has 82 valence electrons. The van der Waals surface area contributed by atoms with Crippen LogP contribution in [0.5, 0.6) is 5.75 Å². The predicted octanol–water partition coefficient (Wildman–Crippen LogP) is 1.38. The maximum atomic E-state index is 11.7. The zero-order chi connectivity index (χ0) is 11.5. The summed E-state index contributed by atoms with van der Waals surface area (Å²) in [6, 6.07) is 8.15. The van der Waals surface area contributed by atoms with Gasteiger partial charge in [-0.15, -0.1) is 0 Å². The van der Waals surface area contributed by atoms with Crippen molar-refractivity contribution in [3.63, 3.8) is 0 Å². The van der Waals surface area contributed by atoms with Crippen LogP contribution in [0.2, 0.25) is 0 Å². The molecule has 1 heterocycles. The van der Waals surface area contributed by atoms with Crippen LogP contribution in [-0.2, 0) is 7.05 Å². The van der Waals surface area contributed by atoms with Crippen molar-refractivity contribution in [2.45, 2.75) is 0 Å². The number of amides is 1. The molecule has 0 fully saturated rings. The van der Waals surface area contributed by atoms with Gasteiger partial charge in [0.1, 0.15) is 5.75 Å². The number of carbonyl (C=O) groups excluding carboxylic acids is 1. The number of rotatable bonds is 2. The summed E-state index contributed by atoms with van der Waals surface area (Å²) in [6.45, 7) is 0. The average molecular weight is 217 g/mol. The molecule has 0 aliphatic rings. The van der Waals surface area contributed by atoms with Gasteiger partial charge in [-0.25, -0.2) is 0 Å². The number of anilines is 1. The molecule has 0 saturated heterocycles. The van der Waals surface area contributed by atoms with Crippen LogP contribution >= 0.6 is 0 Å². The zero-order valence-corrected chi connectivity index (χ0v) is 8.71. The molecule has 0 radical (unpaired) electrons. The summed E-state index contributed by atoms with van der Waals surface area (Å²) in [5, 5.41) is 16.0. The van der Waals surface area contributed by atoms with Gasteiger partial charge >= 0.3 is 0 Å². The summed E-state index contributed by atoms with van der Waals surface area (Å²) < 4.78 is 1.54. The number of benzene rings is 1. The van der Waals surface area contributed by atoms with E-state index in [1.54, 1.807) is 42.2 Å². The molecule has 5 nitrogen and oxygen atoms in total. The van der Waals surface area contributed by atoms with Crippen molar-refractivity contribution < 1.29 is 9.90 Å². The lowest BCUT2D eigenvalue weighted by atomic mass is 10.3. The van der Waals surface area contributed by atoms with Gasteiger partial charge in [-0.05, 0) is 18.2 Å². The molecule has 2 N–H and O–H groups in total.